The van der Waals surface area contributed by atoms with Crippen LogP contribution in [0.4, 0.5) is 9.59 Å². The second-order valence-corrected chi connectivity index (χ2v) is 18.6. The standard InChI is InChI=1S/C43H57BClN5O13/c1-41(2,3)61-40(57)48(7)16-17-49-18-19-50(37(53)36(49)52)39(56)47-32(25-14-15-27(58-8)34(60-10)31(25)45)35(51)46-30(20-23-12-11-13-26(38(54)55)33(23)59-9)44-62-29-22-24-21-28(42(24,4)5)43(29,6)63-44/h11-15,24,28-30,32H,16-22H2,1-10H3,(H,46,51)(H,47,56)(H,54,55)/t24-,28-,29+,30?,32?,43-/m0/s1. The number of likely N-dealkylation sites (N-methyl/N-ethyl adjacent to an activating group) is 1. The first-order chi connectivity index (χ1) is 29.6. The molecule has 2 aromatic rings. The van der Waals surface area contributed by atoms with E-state index in [9.17, 15) is 33.9 Å². The molecule has 20 heteroatoms. The Bertz CT molecular complexity index is 2150. The molecule has 342 valence electrons. The van der Waals surface area contributed by atoms with Crippen molar-refractivity contribution in [3.8, 4) is 17.2 Å². The van der Waals surface area contributed by atoms with Gasteiger partial charge in [0.05, 0.1) is 44.0 Å². The molecule has 2 bridgehead atoms. The van der Waals surface area contributed by atoms with Crippen molar-refractivity contribution in [3.05, 3.63) is 52.0 Å². The fourth-order valence-corrected chi connectivity index (χ4v) is 9.68. The summed E-state index contributed by atoms with van der Waals surface area (Å²) in [6, 6.07) is 4.93. The lowest BCUT2D eigenvalue weighted by molar-refractivity contribution is -0.199. The molecule has 2 aromatic carbocycles. The molecular weight excluding hydrogens is 841 g/mol. The number of para-hydroxylation sites is 1. The Morgan fingerprint density at radius 3 is 2.30 bits per heavy atom. The lowest BCUT2D eigenvalue weighted by atomic mass is 9.43. The highest BCUT2D eigenvalue weighted by Gasteiger charge is 2.68. The second-order valence-electron chi connectivity index (χ2n) is 18.2. The van der Waals surface area contributed by atoms with Gasteiger partial charge in [-0.25, -0.2) is 14.4 Å². The number of benzene rings is 2. The Kier molecular flexibility index (Phi) is 13.6. The number of carboxylic acids is 1. The van der Waals surface area contributed by atoms with E-state index in [1.165, 1.54) is 56.4 Å². The number of carbonyl (C=O) groups excluding carboxylic acids is 5. The van der Waals surface area contributed by atoms with E-state index in [-0.39, 0.29) is 83.4 Å². The number of carbonyl (C=O) groups is 6. The Balaban J connectivity index is 1.29. The van der Waals surface area contributed by atoms with Crippen LogP contribution in [0.5, 0.6) is 17.2 Å². The third-order valence-electron chi connectivity index (χ3n) is 12.9. The molecule has 3 saturated carbocycles. The van der Waals surface area contributed by atoms with Gasteiger partial charge in [-0.15, -0.1) is 0 Å². The molecule has 2 unspecified atom stereocenters. The maximum atomic E-state index is 14.9. The number of carboxylic acid groups (broad SMARTS) is 1. The number of rotatable bonds is 14. The molecule has 0 aromatic heterocycles. The van der Waals surface area contributed by atoms with E-state index in [0.29, 0.717) is 16.4 Å². The summed E-state index contributed by atoms with van der Waals surface area (Å²) in [7, 11) is 4.58. The van der Waals surface area contributed by atoms with Crippen molar-refractivity contribution in [2.75, 3.05) is 54.6 Å². The number of methoxy groups -OCH3 is 3. The van der Waals surface area contributed by atoms with Gasteiger partial charge in [-0.1, -0.05) is 43.6 Å². The molecule has 5 aliphatic rings. The molecule has 7 rings (SSSR count). The molecule has 3 N–H and O–H groups in total. The quantitative estimate of drug-likeness (QED) is 0.178. The smallest absolute Gasteiger partial charge is 0.482 e. The Labute approximate surface area is 372 Å². The number of amides is 6. The predicted octanol–water partition coefficient (Wildman–Crippen LogP) is 4.35. The second kappa shape index (κ2) is 18.1. The van der Waals surface area contributed by atoms with Gasteiger partial charge in [0.15, 0.2) is 11.5 Å². The van der Waals surface area contributed by atoms with Crippen LogP contribution in [-0.4, -0.2) is 141 Å². The van der Waals surface area contributed by atoms with Gasteiger partial charge >= 0.3 is 37.0 Å². The van der Waals surface area contributed by atoms with Crippen LogP contribution >= 0.6 is 11.6 Å². The number of aromatic carboxylic acids is 1. The highest BCUT2D eigenvalue weighted by Crippen LogP contribution is 2.65. The number of urea groups is 1. The fourth-order valence-electron chi connectivity index (χ4n) is 9.34. The number of ether oxygens (including phenoxy) is 4. The molecule has 2 aliphatic heterocycles. The zero-order valence-electron chi connectivity index (χ0n) is 37.4. The van der Waals surface area contributed by atoms with Crippen molar-refractivity contribution in [2.24, 2.45) is 17.3 Å². The van der Waals surface area contributed by atoms with Gasteiger partial charge in [0.2, 0.25) is 5.91 Å². The molecule has 2 saturated heterocycles. The van der Waals surface area contributed by atoms with Gasteiger partial charge in [0, 0.05) is 38.8 Å². The number of imide groups is 1. The van der Waals surface area contributed by atoms with Gasteiger partial charge in [0.25, 0.3) is 0 Å². The first-order valence-electron chi connectivity index (χ1n) is 20.8. The van der Waals surface area contributed by atoms with Crippen molar-refractivity contribution < 1.29 is 62.1 Å². The van der Waals surface area contributed by atoms with E-state index in [4.69, 9.17) is 39.9 Å². The average molecular weight is 898 g/mol. The molecule has 0 radical (unpaired) electrons. The van der Waals surface area contributed by atoms with Crippen LogP contribution in [0.1, 0.15) is 81.9 Å². The van der Waals surface area contributed by atoms with Crippen LogP contribution < -0.4 is 24.8 Å². The number of hydrogen-bond acceptors (Lipinski definition) is 12. The summed E-state index contributed by atoms with van der Waals surface area (Å²) in [6.07, 6.45) is 0.786. The predicted molar refractivity (Wildman–Crippen MR) is 229 cm³/mol. The van der Waals surface area contributed by atoms with Crippen LogP contribution in [0.25, 0.3) is 0 Å². The first kappa shape index (κ1) is 47.2. The molecule has 2 heterocycles. The van der Waals surface area contributed by atoms with E-state index in [1.54, 1.807) is 32.9 Å². The normalized spacial score (nSPS) is 23.5. The first-order valence-corrected chi connectivity index (χ1v) is 21.2. The minimum atomic E-state index is -1.62. The minimum Gasteiger partial charge on any atom is -0.496 e. The summed E-state index contributed by atoms with van der Waals surface area (Å²) in [6.45, 7) is 11.4. The van der Waals surface area contributed by atoms with E-state index in [0.717, 1.165) is 12.8 Å². The van der Waals surface area contributed by atoms with Crippen LogP contribution in [-0.2, 0) is 34.9 Å². The number of nitrogens with one attached hydrogen (secondary N) is 2. The van der Waals surface area contributed by atoms with Crippen molar-refractivity contribution in [1.82, 2.24) is 25.3 Å². The summed E-state index contributed by atoms with van der Waals surface area (Å²) >= 11 is 6.88. The summed E-state index contributed by atoms with van der Waals surface area (Å²) < 4.78 is 35.3. The highest BCUT2D eigenvalue weighted by molar-refractivity contribution is 6.48. The van der Waals surface area contributed by atoms with E-state index < -0.39 is 66.1 Å². The van der Waals surface area contributed by atoms with Crippen LogP contribution in [0.3, 0.4) is 0 Å². The number of nitrogens with zero attached hydrogens (tertiary/aromatic N) is 3. The van der Waals surface area contributed by atoms with Gasteiger partial charge in [-0.2, -0.15) is 0 Å². The van der Waals surface area contributed by atoms with Gasteiger partial charge in [0.1, 0.15) is 23.0 Å². The van der Waals surface area contributed by atoms with E-state index in [1.807, 2.05) is 6.92 Å². The third kappa shape index (κ3) is 9.23. The number of piperazine rings is 1. The van der Waals surface area contributed by atoms with Crippen LogP contribution in [0.15, 0.2) is 30.3 Å². The molecule has 3 aliphatic carbocycles. The molecule has 6 atom stereocenters. The fraction of sp³-hybridized carbons (Fsp3) is 0.581. The van der Waals surface area contributed by atoms with Crippen molar-refractivity contribution in [3.63, 3.8) is 0 Å². The van der Waals surface area contributed by atoms with Crippen molar-refractivity contribution >= 4 is 54.5 Å². The number of halogens is 1. The van der Waals surface area contributed by atoms with Crippen molar-refractivity contribution in [2.45, 2.75) is 90.1 Å². The lowest BCUT2D eigenvalue weighted by Gasteiger charge is -2.64. The largest absolute Gasteiger partial charge is 0.496 e. The molecule has 18 nitrogen and oxygen atoms in total. The third-order valence-corrected chi connectivity index (χ3v) is 13.3. The Hall–Kier alpha value is -5.27. The zero-order chi connectivity index (χ0) is 46.3. The monoisotopic (exact) mass is 897 g/mol. The molecular formula is C43H57BClN5O13. The summed E-state index contributed by atoms with van der Waals surface area (Å²) in [5, 5.41) is 15.5. The molecule has 0 spiro atoms. The Morgan fingerprint density at radius 2 is 1.68 bits per heavy atom. The van der Waals surface area contributed by atoms with E-state index >= 15 is 0 Å². The molecule has 5 fully saturated rings. The maximum Gasteiger partial charge on any atom is 0.482 e. The minimum absolute atomic E-state index is 0.00156. The summed E-state index contributed by atoms with van der Waals surface area (Å²) in [5.74, 6) is -4.18. The van der Waals surface area contributed by atoms with Gasteiger partial charge in [-0.05, 0) is 81.9 Å². The SMILES string of the molecule is COc1ccc(C(NC(=O)N2CCN(CCN(C)C(=O)OC(C)(C)C)C(=O)C2=O)C(=O)NC(Cc2cccc(C(=O)O)c2OC)B2O[C@@H]3C[C@@H]4C[C@@H](C4(C)C)[C@]3(C)O2)c(Cl)c1OC. The van der Waals surface area contributed by atoms with E-state index in [2.05, 4.69) is 24.5 Å². The maximum absolute atomic E-state index is 14.9. The summed E-state index contributed by atoms with van der Waals surface area (Å²) in [4.78, 5) is 83.8. The molecule has 6 amide bonds. The lowest BCUT2D eigenvalue weighted by Crippen LogP contribution is -2.65. The zero-order valence-corrected chi connectivity index (χ0v) is 38.1. The van der Waals surface area contributed by atoms with Gasteiger partial charge in [-0.3, -0.25) is 19.3 Å². The Morgan fingerprint density at radius 1 is 0.984 bits per heavy atom. The summed E-state index contributed by atoms with van der Waals surface area (Å²) in [5.41, 5.74) is -1.03. The number of hydrogen-bond donors (Lipinski definition) is 3. The van der Waals surface area contributed by atoms with Crippen LogP contribution in [0.2, 0.25) is 5.02 Å². The topological polar surface area (TPSA) is 212 Å². The van der Waals surface area contributed by atoms with Crippen LogP contribution in [0, 0.1) is 17.3 Å². The average Bonchev–Trinajstić information content (AvgIpc) is 3.59. The molecule has 63 heavy (non-hydrogen) atoms. The van der Waals surface area contributed by atoms with Crippen molar-refractivity contribution in [1.29, 1.82) is 0 Å². The van der Waals surface area contributed by atoms with Gasteiger partial charge < -0.3 is 53.8 Å². The highest BCUT2D eigenvalue weighted by atomic mass is 35.5.